The van der Waals surface area contributed by atoms with E-state index in [1.807, 2.05) is 36.4 Å². The van der Waals surface area contributed by atoms with Gasteiger partial charge in [0.25, 0.3) is 0 Å². The van der Waals surface area contributed by atoms with Crippen molar-refractivity contribution in [2.75, 3.05) is 9.80 Å². The third-order valence-corrected chi connectivity index (χ3v) is 9.66. The van der Waals surface area contributed by atoms with Gasteiger partial charge in [-0.2, -0.15) is 0 Å². The molecule has 2 aliphatic rings. The molecule has 4 amide bonds. The lowest BCUT2D eigenvalue weighted by Crippen LogP contribution is -2.32. The number of fused-ring (bicyclic) bond motifs is 2. The summed E-state index contributed by atoms with van der Waals surface area (Å²) < 4.78 is 2.95. The number of thiazole rings is 2. The third-order valence-electron chi connectivity index (χ3n) is 7.27. The molecule has 0 aliphatic carbocycles. The Kier molecular flexibility index (Phi) is 6.04. The van der Waals surface area contributed by atoms with E-state index in [-0.39, 0.29) is 36.5 Å². The van der Waals surface area contributed by atoms with Crippen molar-refractivity contribution in [3.8, 4) is 0 Å². The summed E-state index contributed by atoms with van der Waals surface area (Å²) in [6.07, 6.45) is -0.00787. The van der Waals surface area contributed by atoms with E-state index < -0.39 is 11.8 Å². The highest BCUT2D eigenvalue weighted by molar-refractivity contribution is 7.83. The highest BCUT2D eigenvalue weighted by Gasteiger charge is 2.44. The number of hydrogen-bond donors (Lipinski definition) is 2. The predicted molar refractivity (Wildman–Crippen MR) is 160 cm³/mol. The number of rotatable bonds is 4. The molecule has 2 saturated heterocycles. The van der Waals surface area contributed by atoms with Gasteiger partial charge in [-0.25, -0.2) is 19.8 Å². The second kappa shape index (κ2) is 9.51. The second-order valence-corrected chi connectivity index (χ2v) is 13.1. The molecule has 2 atom stereocenters. The Morgan fingerprint density at radius 1 is 0.650 bits per heavy atom. The smallest absolute Gasteiger partial charge is 0.241 e. The Bertz CT molecular complexity index is 1780. The van der Waals surface area contributed by atoms with Crippen LogP contribution in [0.1, 0.15) is 35.8 Å². The summed E-state index contributed by atoms with van der Waals surface area (Å²) in [7, 11) is 0. The maximum Gasteiger partial charge on any atom is 0.241 e. The topological polar surface area (TPSA) is 101 Å². The zero-order chi connectivity index (χ0) is 27.7. The van der Waals surface area contributed by atoms with Crippen molar-refractivity contribution in [3.05, 3.63) is 71.8 Å². The van der Waals surface area contributed by atoms with Crippen molar-refractivity contribution in [2.24, 2.45) is 0 Å². The summed E-state index contributed by atoms with van der Waals surface area (Å²) >= 11 is 11.5. The van der Waals surface area contributed by atoms with Crippen molar-refractivity contribution in [1.82, 2.24) is 9.97 Å². The maximum atomic E-state index is 13.6. The molecular formula is C28H18N4O4S4. The minimum atomic E-state index is -0.690. The Hall–Kier alpha value is -3.58. The summed E-state index contributed by atoms with van der Waals surface area (Å²) in [5.41, 5.74) is 3.30. The van der Waals surface area contributed by atoms with Crippen molar-refractivity contribution in [2.45, 2.75) is 33.4 Å². The van der Waals surface area contributed by atoms with Crippen LogP contribution in [0.5, 0.6) is 0 Å². The van der Waals surface area contributed by atoms with Crippen LogP contribution in [-0.2, 0) is 19.2 Å². The predicted octanol–water partition coefficient (Wildman–Crippen LogP) is 5.58. The largest absolute Gasteiger partial charge is 0.274 e. The van der Waals surface area contributed by atoms with Crippen LogP contribution in [-0.4, -0.2) is 33.6 Å². The van der Waals surface area contributed by atoms with E-state index in [2.05, 4.69) is 35.2 Å². The van der Waals surface area contributed by atoms with E-state index in [1.165, 1.54) is 22.7 Å². The molecule has 5 aromatic rings. The molecule has 2 aliphatic heterocycles. The average Bonchev–Trinajstić information content (AvgIpc) is 3.65. The molecule has 2 fully saturated rings. The number of imide groups is 2. The lowest BCUT2D eigenvalue weighted by molar-refractivity contribution is -0.123. The monoisotopic (exact) mass is 602 g/mol. The minimum absolute atomic E-state index is 0.00394. The van der Waals surface area contributed by atoms with Crippen LogP contribution in [0, 0.1) is 0 Å². The zero-order valence-corrected chi connectivity index (χ0v) is 23.9. The average molecular weight is 603 g/mol. The minimum Gasteiger partial charge on any atom is -0.274 e. The van der Waals surface area contributed by atoms with Crippen molar-refractivity contribution >= 4 is 103 Å². The summed E-state index contributed by atoms with van der Waals surface area (Å²) in [4.78, 5) is 64.7. The van der Waals surface area contributed by atoms with Crippen LogP contribution in [0.2, 0.25) is 0 Å². The van der Waals surface area contributed by atoms with E-state index in [0.29, 0.717) is 42.2 Å². The molecule has 3 aromatic carbocycles. The highest BCUT2D eigenvalue weighted by Crippen LogP contribution is 2.41. The molecule has 0 spiro atoms. The highest BCUT2D eigenvalue weighted by atomic mass is 32.2. The first-order valence-electron chi connectivity index (χ1n) is 12.3. The van der Waals surface area contributed by atoms with Gasteiger partial charge < -0.3 is 0 Å². The van der Waals surface area contributed by atoms with E-state index >= 15 is 0 Å². The fraction of sp³-hybridized carbons (Fsp3) is 0.143. The zero-order valence-electron chi connectivity index (χ0n) is 20.5. The first kappa shape index (κ1) is 25.4. The Morgan fingerprint density at radius 2 is 1.07 bits per heavy atom. The van der Waals surface area contributed by atoms with Crippen LogP contribution in [0.3, 0.4) is 0 Å². The number of amides is 4. The standard InChI is InChI=1S/C28H18N4O4S4/c33-21-11-17(15-6-2-8-19-23(15)29-27(37)39-19)25(35)31(21)13-4-1-5-14(10-13)32-22(34)12-18(26(32)36)16-7-3-9-20-24(16)30-28(38)40-20/h1-10,17-18H,11-12H2,(H,29,37)(H,30,38). The number of aromatic nitrogens is 2. The number of carbonyl (C=O) groups excluding carboxylic acids is 4. The van der Waals surface area contributed by atoms with E-state index in [0.717, 1.165) is 19.2 Å². The molecule has 0 N–H and O–H groups in total. The van der Waals surface area contributed by atoms with Crippen molar-refractivity contribution in [1.29, 1.82) is 0 Å². The molecular weight excluding hydrogens is 585 g/mol. The fourth-order valence-electron chi connectivity index (χ4n) is 5.54. The molecule has 8 nitrogen and oxygen atoms in total. The summed E-state index contributed by atoms with van der Waals surface area (Å²) in [5, 5.41) is 0. The van der Waals surface area contributed by atoms with Crippen LogP contribution in [0.4, 0.5) is 11.4 Å². The van der Waals surface area contributed by atoms with Crippen LogP contribution < -0.4 is 9.80 Å². The summed E-state index contributed by atoms with van der Waals surface area (Å²) in [5.74, 6) is -2.86. The molecule has 2 aromatic heterocycles. The van der Waals surface area contributed by atoms with Crippen LogP contribution >= 0.6 is 47.9 Å². The molecule has 0 saturated carbocycles. The number of hydrogen-bond acceptors (Lipinski definition) is 10. The van der Waals surface area contributed by atoms with Crippen molar-refractivity contribution < 1.29 is 19.2 Å². The summed E-state index contributed by atoms with van der Waals surface area (Å²) in [6, 6.07) is 17.6. The first-order chi connectivity index (χ1) is 19.3. The van der Waals surface area contributed by atoms with Crippen LogP contribution in [0.15, 0.2) is 69.3 Å². The molecule has 0 radical (unpaired) electrons. The Balaban J connectivity index is 1.21. The maximum absolute atomic E-state index is 13.6. The number of thiol groups is 2. The first-order valence-corrected chi connectivity index (χ1v) is 14.8. The van der Waals surface area contributed by atoms with E-state index in [9.17, 15) is 19.2 Å². The number of anilines is 2. The summed E-state index contributed by atoms with van der Waals surface area (Å²) in [6.45, 7) is 0. The second-order valence-electron chi connectivity index (χ2n) is 9.55. The molecule has 12 heteroatoms. The molecule has 4 heterocycles. The van der Waals surface area contributed by atoms with Gasteiger partial charge in [0, 0.05) is 12.8 Å². The van der Waals surface area contributed by atoms with Gasteiger partial charge in [0.1, 0.15) is 8.68 Å². The Labute approximate surface area is 246 Å². The van der Waals surface area contributed by atoms with Crippen LogP contribution in [0.25, 0.3) is 20.4 Å². The van der Waals surface area contributed by atoms with Crippen molar-refractivity contribution in [3.63, 3.8) is 0 Å². The molecule has 7 rings (SSSR count). The third kappa shape index (κ3) is 3.97. The lowest BCUT2D eigenvalue weighted by Gasteiger charge is -2.20. The normalized spacial score (nSPS) is 19.6. The van der Waals surface area contributed by atoms with E-state index in [1.54, 1.807) is 24.3 Å². The van der Waals surface area contributed by atoms with E-state index in [4.69, 9.17) is 0 Å². The molecule has 2 unspecified atom stereocenters. The Morgan fingerprint density at radius 3 is 1.52 bits per heavy atom. The number of carbonyl (C=O) groups is 4. The van der Waals surface area contributed by atoms with Gasteiger partial charge in [0.05, 0.1) is 43.6 Å². The number of para-hydroxylation sites is 2. The number of nitrogens with zero attached hydrogens (tertiary/aromatic N) is 4. The SMILES string of the molecule is O=C1CC(c2cccc3sc(S)nc23)C(=O)N1c1cccc(N2C(=O)CC(c3cccc4sc(S)nc34)C2=O)c1. The fourth-order valence-corrected chi connectivity index (χ4v) is 7.81. The molecule has 40 heavy (non-hydrogen) atoms. The quantitative estimate of drug-likeness (QED) is 0.206. The van der Waals surface area contributed by atoms with Gasteiger partial charge in [-0.1, -0.05) is 30.3 Å². The molecule has 0 bridgehead atoms. The van der Waals surface area contributed by atoms with Gasteiger partial charge in [-0.3, -0.25) is 19.2 Å². The van der Waals surface area contributed by atoms with Gasteiger partial charge in [-0.15, -0.1) is 47.9 Å². The van der Waals surface area contributed by atoms with Gasteiger partial charge in [-0.05, 0) is 41.5 Å². The number of benzene rings is 3. The lowest BCUT2D eigenvalue weighted by atomic mass is 9.96. The molecule has 198 valence electrons. The van der Waals surface area contributed by atoms with Gasteiger partial charge in [0.2, 0.25) is 23.6 Å². The van der Waals surface area contributed by atoms with Gasteiger partial charge >= 0.3 is 0 Å². The van der Waals surface area contributed by atoms with Gasteiger partial charge in [0.15, 0.2) is 0 Å².